The number of ether oxygens (including phenoxy) is 1. The summed E-state index contributed by atoms with van der Waals surface area (Å²) in [5.74, 6) is 0.796. The van der Waals surface area contributed by atoms with Crippen LogP contribution in [0.3, 0.4) is 0 Å². The molecule has 1 amide bonds. The average molecular weight is 366 g/mol. The number of likely N-dealkylation sites (tertiary alicyclic amines) is 1. The molecule has 0 unspecified atom stereocenters. The summed E-state index contributed by atoms with van der Waals surface area (Å²) in [6, 6.07) is 7.41. The highest BCUT2D eigenvalue weighted by atomic mass is 32.2. The highest BCUT2D eigenvalue weighted by molar-refractivity contribution is 7.89. The zero-order valence-corrected chi connectivity index (χ0v) is 15.6. The minimum Gasteiger partial charge on any atom is -0.496 e. The summed E-state index contributed by atoms with van der Waals surface area (Å²) < 4.78 is 31.6. The van der Waals surface area contributed by atoms with Crippen molar-refractivity contribution < 1.29 is 17.9 Å². The summed E-state index contributed by atoms with van der Waals surface area (Å²) in [4.78, 5) is 14.1. The molecule has 2 rings (SSSR count). The molecule has 0 spiro atoms. The maximum absolute atomic E-state index is 12.3. The van der Waals surface area contributed by atoms with E-state index in [0.29, 0.717) is 32.4 Å². The molecule has 0 radical (unpaired) electrons. The summed E-state index contributed by atoms with van der Waals surface area (Å²) in [5, 5.41) is 0. The van der Waals surface area contributed by atoms with E-state index in [-0.39, 0.29) is 17.7 Å². The molecule has 0 aromatic heterocycles. The van der Waals surface area contributed by atoms with Crippen LogP contribution >= 0.6 is 0 Å². The largest absolute Gasteiger partial charge is 0.496 e. The summed E-state index contributed by atoms with van der Waals surface area (Å²) in [6.45, 7) is 2.94. The number of methoxy groups -OCH3 is 1. The third kappa shape index (κ3) is 5.86. The van der Waals surface area contributed by atoms with E-state index >= 15 is 0 Å². The fourth-order valence-electron chi connectivity index (χ4n) is 2.87. The highest BCUT2D eigenvalue weighted by Gasteiger charge is 2.24. The van der Waals surface area contributed by atoms with Gasteiger partial charge in [-0.25, -0.2) is 13.1 Å². The molecular formula is C18H26N2O4S. The lowest BCUT2D eigenvalue weighted by Gasteiger charge is -2.31. The van der Waals surface area contributed by atoms with Crippen LogP contribution in [0.15, 0.2) is 30.3 Å². The molecule has 0 atom stereocenters. The third-order valence-electron chi connectivity index (χ3n) is 4.17. The lowest BCUT2D eigenvalue weighted by molar-refractivity contribution is -0.126. The third-order valence-corrected chi connectivity index (χ3v) is 5.81. The minimum atomic E-state index is -3.20. The quantitative estimate of drug-likeness (QED) is 0.749. The Hall–Kier alpha value is -1.86. The van der Waals surface area contributed by atoms with Gasteiger partial charge in [-0.2, -0.15) is 0 Å². The Bertz CT molecular complexity index is 708. The molecule has 1 aliphatic heterocycles. The first-order valence-corrected chi connectivity index (χ1v) is 10.2. The number of carbonyl (C=O) groups is 1. The van der Waals surface area contributed by atoms with Crippen molar-refractivity contribution in [2.24, 2.45) is 0 Å². The number of piperidine rings is 1. The van der Waals surface area contributed by atoms with Crippen molar-refractivity contribution in [2.75, 3.05) is 26.0 Å². The number of amides is 1. The van der Waals surface area contributed by atoms with Gasteiger partial charge in [-0.15, -0.1) is 0 Å². The summed E-state index contributed by atoms with van der Waals surface area (Å²) in [5.41, 5.74) is 0.848. The van der Waals surface area contributed by atoms with E-state index in [9.17, 15) is 13.2 Å². The van der Waals surface area contributed by atoms with Gasteiger partial charge in [0.2, 0.25) is 15.9 Å². The van der Waals surface area contributed by atoms with Crippen molar-refractivity contribution in [3.63, 3.8) is 0 Å². The van der Waals surface area contributed by atoms with Crippen molar-refractivity contribution in [2.45, 2.75) is 32.2 Å². The van der Waals surface area contributed by atoms with Crippen LogP contribution in [0.2, 0.25) is 0 Å². The molecule has 138 valence electrons. The number of hydrogen-bond acceptors (Lipinski definition) is 4. The normalized spacial score (nSPS) is 16.3. The molecular weight excluding hydrogens is 340 g/mol. The second-order valence-corrected chi connectivity index (χ2v) is 7.99. The van der Waals surface area contributed by atoms with Gasteiger partial charge in [0.25, 0.3) is 0 Å². The van der Waals surface area contributed by atoms with Gasteiger partial charge < -0.3 is 9.64 Å². The van der Waals surface area contributed by atoms with Gasteiger partial charge in [-0.05, 0) is 31.4 Å². The van der Waals surface area contributed by atoms with Crippen LogP contribution in [0.4, 0.5) is 0 Å². The number of nitrogens with one attached hydrogen (secondary N) is 1. The van der Waals surface area contributed by atoms with Crippen LogP contribution in [0.1, 0.15) is 31.7 Å². The Kier molecular flexibility index (Phi) is 7.01. The molecule has 0 aliphatic carbocycles. The van der Waals surface area contributed by atoms with Crippen molar-refractivity contribution in [3.05, 3.63) is 35.9 Å². The van der Waals surface area contributed by atoms with Crippen LogP contribution in [0, 0.1) is 0 Å². The van der Waals surface area contributed by atoms with E-state index in [1.807, 2.05) is 31.2 Å². The number of carbonyl (C=O) groups excluding carboxylic acids is 1. The van der Waals surface area contributed by atoms with Crippen molar-refractivity contribution >= 4 is 22.0 Å². The van der Waals surface area contributed by atoms with Gasteiger partial charge >= 0.3 is 0 Å². The second kappa shape index (κ2) is 9.01. The number of sulfonamides is 1. The van der Waals surface area contributed by atoms with Gasteiger partial charge in [-0.1, -0.05) is 25.1 Å². The SMILES string of the molecule is CCCS(=O)(=O)NC1CCN(C(=O)C=Cc2ccccc2OC)CC1. The first kappa shape index (κ1) is 19.5. The Morgan fingerprint density at radius 3 is 2.64 bits per heavy atom. The molecule has 1 N–H and O–H groups in total. The summed E-state index contributed by atoms with van der Waals surface area (Å²) >= 11 is 0. The molecule has 1 fully saturated rings. The minimum absolute atomic E-state index is 0.0687. The highest BCUT2D eigenvalue weighted by Crippen LogP contribution is 2.19. The zero-order valence-electron chi connectivity index (χ0n) is 14.8. The van der Waals surface area contributed by atoms with Crippen LogP contribution < -0.4 is 9.46 Å². The maximum Gasteiger partial charge on any atom is 0.246 e. The predicted molar refractivity (Wildman–Crippen MR) is 98.8 cm³/mol. The smallest absolute Gasteiger partial charge is 0.246 e. The number of benzene rings is 1. The van der Waals surface area contributed by atoms with Gasteiger partial charge in [0.05, 0.1) is 12.9 Å². The molecule has 1 aromatic rings. The lowest BCUT2D eigenvalue weighted by Crippen LogP contribution is -2.46. The van der Waals surface area contributed by atoms with E-state index in [2.05, 4.69) is 4.72 Å². The summed E-state index contributed by atoms with van der Waals surface area (Å²) in [7, 11) is -1.61. The number of nitrogens with zero attached hydrogens (tertiary/aromatic N) is 1. The lowest BCUT2D eigenvalue weighted by atomic mass is 10.1. The molecule has 7 heteroatoms. The van der Waals surface area contributed by atoms with Crippen LogP contribution in [-0.4, -0.2) is 51.2 Å². The Morgan fingerprint density at radius 1 is 1.32 bits per heavy atom. The van der Waals surface area contributed by atoms with Crippen molar-refractivity contribution in [1.82, 2.24) is 9.62 Å². The van der Waals surface area contributed by atoms with E-state index in [0.717, 1.165) is 11.3 Å². The van der Waals surface area contributed by atoms with Crippen molar-refractivity contribution in [3.8, 4) is 5.75 Å². The predicted octanol–water partition coefficient (Wildman–Crippen LogP) is 2.03. The molecule has 0 bridgehead atoms. The molecule has 1 heterocycles. The maximum atomic E-state index is 12.3. The van der Waals surface area contributed by atoms with E-state index in [1.54, 1.807) is 24.2 Å². The zero-order chi connectivity index (χ0) is 18.3. The number of rotatable bonds is 7. The molecule has 0 saturated carbocycles. The van der Waals surface area contributed by atoms with Gasteiger partial charge in [0.15, 0.2) is 0 Å². The molecule has 1 aromatic carbocycles. The average Bonchev–Trinajstić information content (AvgIpc) is 2.60. The van der Waals surface area contributed by atoms with E-state index in [4.69, 9.17) is 4.74 Å². The van der Waals surface area contributed by atoms with Crippen LogP contribution in [0.25, 0.3) is 6.08 Å². The number of para-hydroxylation sites is 1. The van der Waals surface area contributed by atoms with Gasteiger partial charge in [-0.3, -0.25) is 4.79 Å². The van der Waals surface area contributed by atoms with Crippen LogP contribution in [-0.2, 0) is 14.8 Å². The fourth-order valence-corrected chi connectivity index (χ4v) is 4.27. The molecule has 1 saturated heterocycles. The first-order chi connectivity index (χ1) is 11.9. The van der Waals surface area contributed by atoms with Gasteiger partial charge in [0, 0.05) is 30.8 Å². The van der Waals surface area contributed by atoms with Gasteiger partial charge in [0.1, 0.15) is 5.75 Å². The number of hydrogen-bond donors (Lipinski definition) is 1. The monoisotopic (exact) mass is 366 g/mol. The fraction of sp³-hybridized carbons (Fsp3) is 0.500. The molecule has 6 nitrogen and oxygen atoms in total. The van der Waals surface area contributed by atoms with E-state index < -0.39 is 10.0 Å². The standard InChI is InChI=1S/C18H26N2O4S/c1-3-14-25(22,23)19-16-10-12-20(13-11-16)18(21)9-8-15-6-4-5-7-17(15)24-2/h4-9,16,19H,3,10-14H2,1-2H3. The second-order valence-electron chi connectivity index (χ2n) is 6.11. The van der Waals surface area contributed by atoms with Crippen molar-refractivity contribution in [1.29, 1.82) is 0 Å². The Morgan fingerprint density at radius 2 is 2.00 bits per heavy atom. The summed E-state index contributed by atoms with van der Waals surface area (Å²) in [6.07, 6.45) is 5.16. The Balaban J connectivity index is 1.88. The van der Waals surface area contributed by atoms with E-state index in [1.165, 1.54) is 0 Å². The first-order valence-electron chi connectivity index (χ1n) is 8.55. The topological polar surface area (TPSA) is 75.7 Å². The molecule has 25 heavy (non-hydrogen) atoms. The Labute approximate surface area is 149 Å². The molecule has 1 aliphatic rings. The van der Waals surface area contributed by atoms with Crippen LogP contribution in [0.5, 0.6) is 5.75 Å².